The van der Waals surface area contributed by atoms with E-state index in [9.17, 15) is 8.42 Å². The fourth-order valence-corrected chi connectivity index (χ4v) is 3.01. The Labute approximate surface area is 108 Å². The van der Waals surface area contributed by atoms with Crippen LogP contribution in [0.3, 0.4) is 0 Å². The predicted octanol–water partition coefficient (Wildman–Crippen LogP) is 0.698. The fourth-order valence-electron chi connectivity index (χ4n) is 1.20. The van der Waals surface area contributed by atoms with E-state index in [0.717, 1.165) is 11.3 Å². The summed E-state index contributed by atoms with van der Waals surface area (Å²) >= 11 is 0.805. The number of nitrogens with two attached hydrogens (primary N) is 1. The molecule has 2 heterocycles. The van der Waals surface area contributed by atoms with Crippen molar-refractivity contribution in [2.75, 3.05) is 10.5 Å². The molecule has 0 aliphatic carbocycles. The number of aromatic nitrogens is 4. The summed E-state index contributed by atoms with van der Waals surface area (Å²) in [5, 5.41) is 11.1. The lowest BCUT2D eigenvalue weighted by molar-refractivity contribution is 0.532. The number of nitrogens with one attached hydrogen (secondary N) is 1. The van der Waals surface area contributed by atoms with E-state index < -0.39 is 10.0 Å². The molecule has 0 saturated carbocycles. The molecule has 0 amide bonds. The third-order valence-electron chi connectivity index (χ3n) is 2.03. The van der Waals surface area contributed by atoms with Gasteiger partial charge >= 0.3 is 0 Å². The average Bonchev–Trinajstić information content (AvgIpc) is 2.86. The predicted molar refractivity (Wildman–Crippen MR) is 67.7 cm³/mol. The Bertz CT molecular complexity index is 644. The summed E-state index contributed by atoms with van der Waals surface area (Å²) in [4.78, 5) is 0. The molecule has 0 radical (unpaired) electrons. The average molecular weight is 288 g/mol. The van der Waals surface area contributed by atoms with E-state index in [-0.39, 0.29) is 15.5 Å². The van der Waals surface area contributed by atoms with Crippen LogP contribution in [0.5, 0.6) is 0 Å². The van der Waals surface area contributed by atoms with E-state index in [0.29, 0.717) is 5.69 Å². The van der Waals surface area contributed by atoms with Crippen LogP contribution >= 0.6 is 11.3 Å². The van der Waals surface area contributed by atoms with Crippen molar-refractivity contribution in [1.82, 2.24) is 20.0 Å². The molecule has 0 aromatic carbocycles. The standard InChI is InChI=1S/C8H12N6O2S2/c1-5(2)14-4-6(3-10-14)13-18(15,16)8-12-11-7(9)17-8/h3-5,13H,1-2H3,(H2,9,11). The minimum Gasteiger partial charge on any atom is -0.374 e. The maximum absolute atomic E-state index is 11.9. The van der Waals surface area contributed by atoms with Crippen LogP contribution in [0, 0.1) is 0 Å². The van der Waals surface area contributed by atoms with Gasteiger partial charge in [0, 0.05) is 12.2 Å². The van der Waals surface area contributed by atoms with Crippen LogP contribution in [0.1, 0.15) is 19.9 Å². The monoisotopic (exact) mass is 288 g/mol. The first-order valence-corrected chi connectivity index (χ1v) is 7.34. The van der Waals surface area contributed by atoms with Gasteiger partial charge in [0.1, 0.15) is 0 Å². The van der Waals surface area contributed by atoms with Crippen molar-refractivity contribution in [1.29, 1.82) is 0 Å². The lowest BCUT2D eigenvalue weighted by Crippen LogP contribution is -2.12. The van der Waals surface area contributed by atoms with Gasteiger partial charge in [0.2, 0.25) is 5.13 Å². The molecule has 2 aromatic rings. The smallest absolute Gasteiger partial charge is 0.291 e. The van der Waals surface area contributed by atoms with Crippen LogP contribution in [0.15, 0.2) is 16.7 Å². The highest BCUT2D eigenvalue weighted by atomic mass is 32.2. The van der Waals surface area contributed by atoms with E-state index in [2.05, 4.69) is 20.0 Å². The zero-order valence-corrected chi connectivity index (χ0v) is 11.4. The Morgan fingerprint density at radius 1 is 1.44 bits per heavy atom. The molecule has 0 atom stereocenters. The summed E-state index contributed by atoms with van der Waals surface area (Å²) in [5.41, 5.74) is 5.72. The van der Waals surface area contributed by atoms with Gasteiger partial charge in [0.25, 0.3) is 14.4 Å². The minimum atomic E-state index is -3.74. The summed E-state index contributed by atoms with van der Waals surface area (Å²) in [7, 11) is -3.74. The Balaban J connectivity index is 2.22. The lowest BCUT2D eigenvalue weighted by atomic mass is 10.4. The normalized spacial score (nSPS) is 11.9. The van der Waals surface area contributed by atoms with Crippen molar-refractivity contribution in [2.24, 2.45) is 0 Å². The molecule has 0 fully saturated rings. The molecule has 2 rings (SSSR count). The van der Waals surface area contributed by atoms with Gasteiger partial charge in [0.15, 0.2) is 0 Å². The van der Waals surface area contributed by atoms with Crippen LogP contribution < -0.4 is 10.5 Å². The summed E-state index contributed by atoms with van der Waals surface area (Å²) in [6, 6.07) is 0.153. The molecule has 18 heavy (non-hydrogen) atoms. The number of hydrogen-bond donors (Lipinski definition) is 2. The SMILES string of the molecule is CC(C)n1cc(NS(=O)(=O)c2nnc(N)s2)cn1. The highest BCUT2D eigenvalue weighted by Crippen LogP contribution is 2.20. The molecule has 0 unspecified atom stereocenters. The lowest BCUT2D eigenvalue weighted by Gasteiger charge is -2.03. The number of hydrogen-bond acceptors (Lipinski definition) is 7. The maximum atomic E-state index is 11.9. The van der Waals surface area contributed by atoms with E-state index in [1.165, 1.54) is 6.20 Å². The van der Waals surface area contributed by atoms with Gasteiger partial charge in [-0.3, -0.25) is 9.40 Å². The zero-order valence-electron chi connectivity index (χ0n) is 9.73. The maximum Gasteiger partial charge on any atom is 0.291 e. The van der Waals surface area contributed by atoms with Crippen molar-refractivity contribution in [3.63, 3.8) is 0 Å². The van der Waals surface area contributed by atoms with Crippen molar-refractivity contribution in [3.05, 3.63) is 12.4 Å². The van der Waals surface area contributed by atoms with Crippen molar-refractivity contribution in [3.8, 4) is 0 Å². The molecule has 0 bridgehead atoms. The molecule has 3 N–H and O–H groups in total. The number of nitrogens with zero attached hydrogens (tertiary/aromatic N) is 4. The fraction of sp³-hybridized carbons (Fsp3) is 0.375. The van der Waals surface area contributed by atoms with Crippen LogP contribution in [-0.4, -0.2) is 28.4 Å². The van der Waals surface area contributed by atoms with Crippen LogP contribution in [-0.2, 0) is 10.0 Å². The third kappa shape index (κ3) is 2.59. The highest BCUT2D eigenvalue weighted by molar-refractivity contribution is 7.94. The summed E-state index contributed by atoms with van der Waals surface area (Å²) in [5.74, 6) is 0. The molecule has 0 aliphatic rings. The number of rotatable bonds is 4. The zero-order chi connectivity index (χ0) is 13.3. The minimum absolute atomic E-state index is 0.105. The first-order valence-electron chi connectivity index (χ1n) is 5.04. The Morgan fingerprint density at radius 2 is 2.17 bits per heavy atom. The third-order valence-corrected chi connectivity index (χ3v) is 4.54. The summed E-state index contributed by atoms with van der Waals surface area (Å²) in [6.07, 6.45) is 3.04. The van der Waals surface area contributed by atoms with E-state index in [1.54, 1.807) is 10.9 Å². The van der Waals surface area contributed by atoms with Crippen molar-refractivity contribution < 1.29 is 8.42 Å². The molecule has 2 aromatic heterocycles. The van der Waals surface area contributed by atoms with Crippen LogP contribution in [0.2, 0.25) is 0 Å². The van der Waals surface area contributed by atoms with Gasteiger partial charge < -0.3 is 5.73 Å². The van der Waals surface area contributed by atoms with E-state index >= 15 is 0 Å². The second-order valence-corrected chi connectivity index (χ2v) is 6.68. The van der Waals surface area contributed by atoms with Gasteiger partial charge in [-0.1, -0.05) is 11.3 Å². The summed E-state index contributed by atoms with van der Waals surface area (Å²) < 4.78 is 27.6. The van der Waals surface area contributed by atoms with Crippen molar-refractivity contribution >= 4 is 32.2 Å². The molecular formula is C8H12N6O2S2. The largest absolute Gasteiger partial charge is 0.374 e. The topological polar surface area (TPSA) is 116 Å². The van der Waals surface area contributed by atoms with Gasteiger partial charge in [-0.15, -0.1) is 10.2 Å². The molecule has 0 spiro atoms. The molecule has 0 aliphatic heterocycles. The number of nitrogen functional groups attached to an aromatic ring is 1. The highest BCUT2D eigenvalue weighted by Gasteiger charge is 2.20. The molecule has 8 nitrogen and oxygen atoms in total. The quantitative estimate of drug-likeness (QED) is 0.855. The van der Waals surface area contributed by atoms with Crippen LogP contribution in [0.4, 0.5) is 10.8 Å². The van der Waals surface area contributed by atoms with E-state index in [4.69, 9.17) is 5.73 Å². The van der Waals surface area contributed by atoms with Gasteiger partial charge in [0.05, 0.1) is 11.9 Å². The number of anilines is 2. The van der Waals surface area contributed by atoms with Crippen molar-refractivity contribution in [2.45, 2.75) is 24.2 Å². The molecular weight excluding hydrogens is 276 g/mol. The second kappa shape index (κ2) is 4.53. The van der Waals surface area contributed by atoms with Gasteiger partial charge in [-0.05, 0) is 13.8 Å². The Morgan fingerprint density at radius 3 is 2.67 bits per heavy atom. The Kier molecular flexibility index (Phi) is 3.22. The first kappa shape index (κ1) is 12.8. The van der Waals surface area contributed by atoms with Crippen LogP contribution in [0.25, 0.3) is 0 Å². The van der Waals surface area contributed by atoms with Gasteiger partial charge in [-0.25, -0.2) is 0 Å². The first-order chi connectivity index (χ1) is 8.38. The second-order valence-electron chi connectivity index (χ2n) is 3.81. The Hall–Kier alpha value is -1.68. The molecule has 0 saturated heterocycles. The molecule has 10 heteroatoms. The van der Waals surface area contributed by atoms with E-state index in [1.807, 2.05) is 13.8 Å². The van der Waals surface area contributed by atoms with Gasteiger partial charge in [-0.2, -0.15) is 13.5 Å². The number of sulfonamides is 1. The summed E-state index contributed by atoms with van der Waals surface area (Å²) in [6.45, 7) is 3.88. The molecule has 98 valence electrons.